The Morgan fingerprint density at radius 2 is 2.39 bits per heavy atom. The Labute approximate surface area is 118 Å². The molecule has 1 aliphatic heterocycles. The molecule has 0 aliphatic carbocycles. The summed E-state index contributed by atoms with van der Waals surface area (Å²) in [5.41, 5.74) is 0. The molecule has 0 spiro atoms. The van der Waals surface area contributed by atoms with E-state index in [0.717, 1.165) is 29.7 Å². The molecule has 1 saturated heterocycles. The predicted octanol–water partition coefficient (Wildman–Crippen LogP) is 2.27. The van der Waals surface area contributed by atoms with Gasteiger partial charge in [-0.3, -0.25) is 0 Å². The summed E-state index contributed by atoms with van der Waals surface area (Å²) < 4.78 is 6.57. The fourth-order valence-electron chi connectivity index (χ4n) is 2.00. The van der Waals surface area contributed by atoms with E-state index in [-0.39, 0.29) is 6.10 Å². The van der Waals surface area contributed by atoms with Crippen molar-refractivity contribution in [1.29, 1.82) is 0 Å². The Morgan fingerprint density at radius 1 is 1.56 bits per heavy atom. The van der Waals surface area contributed by atoms with Crippen LogP contribution in [0, 0.1) is 0 Å². The van der Waals surface area contributed by atoms with Crippen molar-refractivity contribution in [2.75, 3.05) is 13.1 Å². The summed E-state index contributed by atoms with van der Waals surface area (Å²) in [4.78, 5) is 12.1. The zero-order valence-corrected chi connectivity index (χ0v) is 12.3. The first-order chi connectivity index (χ1) is 8.65. The van der Waals surface area contributed by atoms with Gasteiger partial charge in [0.2, 0.25) is 0 Å². The summed E-state index contributed by atoms with van der Waals surface area (Å²) in [5, 5.41) is 12.1. The van der Waals surface area contributed by atoms with Crippen molar-refractivity contribution in [3.8, 4) is 0 Å². The van der Waals surface area contributed by atoms with Gasteiger partial charge in [0.1, 0.15) is 0 Å². The third-order valence-corrected chi connectivity index (χ3v) is 4.62. The second-order valence-corrected chi connectivity index (χ2v) is 6.87. The predicted molar refractivity (Wildman–Crippen MR) is 74.1 cm³/mol. The van der Waals surface area contributed by atoms with Crippen LogP contribution in [0.1, 0.15) is 17.7 Å². The van der Waals surface area contributed by atoms with Gasteiger partial charge in [0.15, 0.2) is 6.10 Å². The average Bonchev–Trinajstić information content (AvgIpc) is 2.93. The number of rotatable bonds is 6. The number of hydrogen-bond donors (Lipinski definition) is 2. The molecule has 0 saturated carbocycles. The van der Waals surface area contributed by atoms with Crippen molar-refractivity contribution in [2.45, 2.75) is 31.5 Å². The lowest BCUT2D eigenvalue weighted by atomic mass is 10.2. The summed E-state index contributed by atoms with van der Waals surface area (Å²) in [6.07, 6.45) is 1.88. The van der Waals surface area contributed by atoms with Gasteiger partial charge in [0.25, 0.3) is 0 Å². The number of ether oxygens (including phenoxy) is 1. The molecule has 0 radical (unpaired) electrons. The van der Waals surface area contributed by atoms with Crippen LogP contribution in [0.4, 0.5) is 0 Å². The van der Waals surface area contributed by atoms with Crippen LogP contribution in [0.5, 0.6) is 0 Å². The monoisotopic (exact) mass is 333 g/mol. The number of aliphatic carboxylic acids is 1. The minimum Gasteiger partial charge on any atom is -0.479 e. The fourth-order valence-corrected chi connectivity index (χ4v) is 3.48. The molecule has 1 aromatic heterocycles. The second kappa shape index (κ2) is 6.65. The minimum atomic E-state index is -0.846. The van der Waals surface area contributed by atoms with E-state index >= 15 is 0 Å². The number of hydrogen-bond acceptors (Lipinski definition) is 4. The van der Waals surface area contributed by atoms with Gasteiger partial charge >= 0.3 is 5.97 Å². The van der Waals surface area contributed by atoms with E-state index in [1.807, 2.05) is 0 Å². The Hall–Kier alpha value is -0.430. The van der Waals surface area contributed by atoms with Gasteiger partial charge in [-0.1, -0.05) is 0 Å². The maximum Gasteiger partial charge on any atom is 0.332 e. The van der Waals surface area contributed by atoms with Crippen LogP contribution < -0.4 is 5.32 Å². The van der Waals surface area contributed by atoms with E-state index in [1.165, 1.54) is 4.88 Å². The summed E-state index contributed by atoms with van der Waals surface area (Å²) >= 11 is 5.18. The fraction of sp³-hybridized carbons (Fsp3) is 0.583. The SMILES string of the molecule is O=C(O)C1CCC(CNCCc2ccc(Br)s2)O1. The smallest absolute Gasteiger partial charge is 0.332 e. The topological polar surface area (TPSA) is 58.6 Å². The lowest BCUT2D eigenvalue weighted by Crippen LogP contribution is -2.30. The number of carbonyl (C=O) groups is 1. The van der Waals surface area contributed by atoms with Crippen LogP contribution in [-0.2, 0) is 16.0 Å². The molecule has 100 valence electrons. The molecule has 0 amide bonds. The summed E-state index contributed by atoms with van der Waals surface area (Å²) in [6, 6.07) is 4.17. The Kier molecular flexibility index (Phi) is 5.17. The molecule has 1 aliphatic rings. The summed E-state index contributed by atoms with van der Waals surface area (Å²) in [7, 11) is 0. The van der Waals surface area contributed by atoms with E-state index in [1.54, 1.807) is 11.3 Å². The van der Waals surface area contributed by atoms with Crippen molar-refractivity contribution < 1.29 is 14.6 Å². The van der Waals surface area contributed by atoms with Crippen LogP contribution in [0.2, 0.25) is 0 Å². The molecular formula is C12H16BrNO3S. The van der Waals surface area contributed by atoms with Crippen molar-refractivity contribution in [3.05, 3.63) is 20.8 Å². The van der Waals surface area contributed by atoms with E-state index < -0.39 is 12.1 Å². The van der Waals surface area contributed by atoms with Crippen LogP contribution >= 0.6 is 27.3 Å². The zero-order chi connectivity index (χ0) is 13.0. The van der Waals surface area contributed by atoms with Crippen LogP contribution in [-0.4, -0.2) is 36.4 Å². The molecule has 1 aromatic rings. The Bertz CT molecular complexity index is 410. The summed E-state index contributed by atoms with van der Waals surface area (Å²) in [5.74, 6) is -0.846. The number of nitrogens with one attached hydrogen (secondary N) is 1. The van der Waals surface area contributed by atoms with E-state index in [2.05, 4.69) is 33.4 Å². The second-order valence-electron chi connectivity index (χ2n) is 4.32. The van der Waals surface area contributed by atoms with Crippen molar-refractivity contribution in [3.63, 3.8) is 0 Å². The highest BCUT2D eigenvalue weighted by atomic mass is 79.9. The quantitative estimate of drug-likeness (QED) is 0.784. The Balaban J connectivity index is 1.60. The molecule has 2 atom stereocenters. The number of halogens is 1. The molecule has 1 fully saturated rings. The first-order valence-electron chi connectivity index (χ1n) is 5.98. The van der Waals surface area contributed by atoms with Crippen LogP contribution in [0.3, 0.4) is 0 Å². The zero-order valence-electron chi connectivity index (χ0n) is 9.89. The van der Waals surface area contributed by atoms with Crippen molar-refractivity contribution >= 4 is 33.2 Å². The highest BCUT2D eigenvalue weighted by molar-refractivity contribution is 9.11. The van der Waals surface area contributed by atoms with Crippen LogP contribution in [0.25, 0.3) is 0 Å². The molecule has 2 unspecified atom stereocenters. The molecule has 2 rings (SSSR count). The number of carboxylic acids is 1. The van der Waals surface area contributed by atoms with Crippen molar-refractivity contribution in [2.24, 2.45) is 0 Å². The lowest BCUT2D eigenvalue weighted by molar-refractivity contribution is -0.149. The maximum absolute atomic E-state index is 10.7. The number of carboxylic acid groups (broad SMARTS) is 1. The molecular weight excluding hydrogens is 318 g/mol. The molecule has 6 heteroatoms. The van der Waals surface area contributed by atoms with Gasteiger partial charge in [0.05, 0.1) is 9.89 Å². The largest absolute Gasteiger partial charge is 0.479 e. The van der Waals surface area contributed by atoms with Gasteiger partial charge in [-0.25, -0.2) is 4.79 Å². The third-order valence-electron chi connectivity index (χ3n) is 2.93. The molecule has 18 heavy (non-hydrogen) atoms. The standard InChI is InChI=1S/C12H16BrNO3S/c13-11-4-2-9(18-11)5-6-14-7-8-1-3-10(17-8)12(15)16/h2,4,8,10,14H,1,3,5-7H2,(H,15,16). The average molecular weight is 334 g/mol. The van der Waals surface area contributed by atoms with Gasteiger partial charge < -0.3 is 15.2 Å². The lowest BCUT2D eigenvalue weighted by Gasteiger charge is -2.11. The third kappa shape index (κ3) is 4.05. The normalized spacial score (nSPS) is 23.4. The van der Waals surface area contributed by atoms with E-state index in [0.29, 0.717) is 6.42 Å². The van der Waals surface area contributed by atoms with Gasteiger partial charge in [0, 0.05) is 18.0 Å². The van der Waals surface area contributed by atoms with Crippen LogP contribution in [0.15, 0.2) is 15.9 Å². The first kappa shape index (κ1) is 14.0. The minimum absolute atomic E-state index is 0.0428. The number of thiophene rings is 1. The van der Waals surface area contributed by atoms with Gasteiger partial charge in [-0.05, 0) is 47.3 Å². The molecule has 2 heterocycles. The van der Waals surface area contributed by atoms with E-state index in [4.69, 9.17) is 9.84 Å². The molecule has 2 N–H and O–H groups in total. The van der Waals surface area contributed by atoms with E-state index in [9.17, 15) is 4.79 Å². The van der Waals surface area contributed by atoms with Gasteiger partial charge in [-0.15, -0.1) is 11.3 Å². The Morgan fingerprint density at radius 3 is 3.00 bits per heavy atom. The maximum atomic E-state index is 10.7. The summed E-state index contributed by atoms with van der Waals surface area (Å²) in [6.45, 7) is 1.63. The van der Waals surface area contributed by atoms with Gasteiger partial charge in [-0.2, -0.15) is 0 Å². The molecule has 0 aromatic carbocycles. The molecule has 0 bridgehead atoms. The van der Waals surface area contributed by atoms with Crippen molar-refractivity contribution in [1.82, 2.24) is 5.32 Å². The first-order valence-corrected chi connectivity index (χ1v) is 7.59. The highest BCUT2D eigenvalue weighted by Gasteiger charge is 2.29. The molecule has 4 nitrogen and oxygen atoms in total. The highest BCUT2D eigenvalue weighted by Crippen LogP contribution is 2.22.